The van der Waals surface area contributed by atoms with Crippen LogP contribution in [0.2, 0.25) is 0 Å². The van der Waals surface area contributed by atoms with E-state index >= 15 is 0 Å². The van der Waals surface area contributed by atoms with Crippen molar-refractivity contribution >= 4 is 28.6 Å². The van der Waals surface area contributed by atoms with Gasteiger partial charge in [-0.05, 0) is 41.5 Å². The molecule has 1 amide bonds. The molecule has 0 aromatic heterocycles. The number of rotatable bonds is 5. The Morgan fingerprint density at radius 1 is 1.08 bits per heavy atom. The number of phenols is 2. The number of carbonyl (C=O) groups is 1. The number of fused-ring (bicyclic) bond motifs is 1. The highest BCUT2D eigenvalue weighted by atomic mass is 16.3. The molecule has 0 aliphatic carbocycles. The van der Waals surface area contributed by atoms with Gasteiger partial charge in [-0.3, -0.25) is 4.79 Å². The van der Waals surface area contributed by atoms with Gasteiger partial charge in [-0.15, -0.1) is 0 Å². The smallest absolute Gasteiger partial charge is 0.259 e. The highest BCUT2D eigenvalue weighted by Crippen LogP contribution is 2.25. The van der Waals surface area contributed by atoms with Crippen LogP contribution in [-0.2, 0) is 4.79 Å². The molecule has 0 spiro atoms. The summed E-state index contributed by atoms with van der Waals surface area (Å²) in [5.41, 5.74) is 4.33. The van der Waals surface area contributed by atoms with Crippen LogP contribution < -0.4 is 10.7 Å². The van der Waals surface area contributed by atoms with E-state index in [1.165, 1.54) is 18.3 Å². The summed E-state index contributed by atoms with van der Waals surface area (Å²) in [5.74, 6) is -0.444. The lowest BCUT2D eigenvalue weighted by Crippen LogP contribution is -2.25. The van der Waals surface area contributed by atoms with Crippen molar-refractivity contribution in [2.24, 2.45) is 5.10 Å². The van der Waals surface area contributed by atoms with Crippen molar-refractivity contribution in [2.75, 3.05) is 11.9 Å². The summed E-state index contributed by atoms with van der Waals surface area (Å²) in [5, 5.41) is 28.3. The molecule has 0 aliphatic heterocycles. The monoisotopic (exact) mass is 349 g/mol. The lowest BCUT2D eigenvalue weighted by atomic mass is 10.1. The molecular weight excluding hydrogens is 330 g/mol. The molecule has 0 saturated heterocycles. The Kier molecular flexibility index (Phi) is 5.03. The molecule has 0 aliphatic rings. The van der Waals surface area contributed by atoms with Crippen molar-refractivity contribution in [1.29, 1.82) is 0 Å². The third kappa shape index (κ3) is 4.10. The number of nitrogens with zero attached hydrogens (tertiary/aromatic N) is 1. The lowest BCUT2D eigenvalue weighted by molar-refractivity contribution is -0.119. The molecule has 0 unspecified atom stereocenters. The molecule has 0 fully saturated rings. The van der Waals surface area contributed by atoms with E-state index in [-0.39, 0.29) is 24.0 Å². The summed E-state index contributed by atoms with van der Waals surface area (Å²) in [6.07, 6.45) is 1.35. The van der Waals surface area contributed by atoms with Crippen LogP contribution in [0.15, 0.2) is 59.7 Å². The fraction of sp³-hybridized carbons (Fsp3) is 0.100. The third-order valence-corrected chi connectivity index (χ3v) is 3.94. The van der Waals surface area contributed by atoms with E-state index < -0.39 is 0 Å². The van der Waals surface area contributed by atoms with Crippen molar-refractivity contribution in [2.45, 2.75) is 6.92 Å². The minimum absolute atomic E-state index is 0.0271. The molecule has 3 aromatic carbocycles. The number of anilines is 1. The fourth-order valence-corrected chi connectivity index (χ4v) is 2.62. The second-order valence-corrected chi connectivity index (χ2v) is 5.90. The van der Waals surface area contributed by atoms with Crippen LogP contribution >= 0.6 is 0 Å². The van der Waals surface area contributed by atoms with Gasteiger partial charge in [-0.2, -0.15) is 5.10 Å². The molecule has 3 rings (SSSR count). The Balaban J connectivity index is 1.57. The minimum atomic E-state index is -0.315. The van der Waals surface area contributed by atoms with Crippen molar-refractivity contribution in [1.82, 2.24) is 5.43 Å². The topological polar surface area (TPSA) is 93.9 Å². The predicted octanol–water partition coefficient (Wildman–Crippen LogP) is 3.12. The van der Waals surface area contributed by atoms with Gasteiger partial charge >= 0.3 is 0 Å². The molecule has 4 N–H and O–H groups in total. The predicted molar refractivity (Wildman–Crippen MR) is 103 cm³/mol. The standard InChI is InChI=1S/C20H19N3O3/c1-13-8-17(24)10-19(25)18(13)11-22-23-20(26)12-21-16-7-6-14-4-2-3-5-15(14)9-16/h2-11,21,24-25H,12H2,1H3,(H,23,26)/b22-11+. The van der Waals surface area contributed by atoms with E-state index in [9.17, 15) is 15.0 Å². The number of hydrogen-bond acceptors (Lipinski definition) is 5. The SMILES string of the molecule is Cc1cc(O)cc(O)c1/C=N/NC(=O)CNc1ccc2ccccc2c1. The molecule has 6 nitrogen and oxygen atoms in total. The summed E-state index contributed by atoms with van der Waals surface area (Å²) in [6.45, 7) is 1.79. The van der Waals surface area contributed by atoms with Gasteiger partial charge in [0, 0.05) is 17.3 Å². The normalized spacial score (nSPS) is 11.0. The zero-order valence-electron chi connectivity index (χ0n) is 14.2. The van der Waals surface area contributed by atoms with Gasteiger partial charge in [0.1, 0.15) is 11.5 Å². The molecule has 0 bridgehead atoms. The highest BCUT2D eigenvalue weighted by Gasteiger charge is 2.05. The van der Waals surface area contributed by atoms with E-state index in [0.29, 0.717) is 11.1 Å². The van der Waals surface area contributed by atoms with Crippen LogP contribution in [0.5, 0.6) is 11.5 Å². The minimum Gasteiger partial charge on any atom is -0.508 e. The van der Waals surface area contributed by atoms with E-state index in [1.54, 1.807) is 6.92 Å². The first-order chi connectivity index (χ1) is 12.5. The maximum atomic E-state index is 11.9. The molecule has 6 heteroatoms. The summed E-state index contributed by atoms with van der Waals surface area (Å²) >= 11 is 0. The number of phenolic OH excluding ortho intramolecular Hbond substituents is 2. The van der Waals surface area contributed by atoms with Crippen molar-refractivity contribution < 1.29 is 15.0 Å². The first-order valence-corrected chi connectivity index (χ1v) is 8.10. The molecule has 0 heterocycles. The maximum absolute atomic E-state index is 11.9. The van der Waals surface area contributed by atoms with Gasteiger partial charge in [-0.25, -0.2) is 5.43 Å². The zero-order valence-corrected chi connectivity index (χ0v) is 14.2. The number of nitrogens with one attached hydrogen (secondary N) is 2. The quantitative estimate of drug-likeness (QED) is 0.420. The summed E-state index contributed by atoms with van der Waals surface area (Å²) in [7, 11) is 0. The van der Waals surface area contributed by atoms with Crippen LogP contribution in [-0.4, -0.2) is 28.9 Å². The van der Waals surface area contributed by atoms with Crippen molar-refractivity contribution in [3.05, 3.63) is 65.7 Å². The Labute approximate surface area is 150 Å². The number of hydrogen-bond donors (Lipinski definition) is 4. The van der Waals surface area contributed by atoms with Crippen LogP contribution in [0.25, 0.3) is 10.8 Å². The van der Waals surface area contributed by atoms with Gasteiger partial charge in [0.05, 0.1) is 12.8 Å². The van der Waals surface area contributed by atoms with Crippen LogP contribution in [0.4, 0.5) is 5.69 Å². The molecule has 0 atom stereocenters. The molecule has 0 radical (unpaired) electrons. The van der Waals surface area contributed by atoms with E-state index in [0.717, 1.165) is 16.5 Å². The number of benzene rings is 3. The van der Waals surface area contributed by atoms with Gasteiger partial charge in [0.25, 0.3) is 5.91 Å². The summed E-state index contributed by atoms with van der Waals surface area (Å²) in [4.78, 5) is 11.9. The number of aromatic hydroxyl groups is 2. The number of hydrazone groups is 1. The lowest BCUT2D eigenvalue weighted by Gasteiger charge is -2.07. The first kappa shape index (κ1) is 17.3. The number of aryl methyl sites for hydroxylation is 1. The van der Waals surface area contributed by atoms with Crippen molar-refractivity contribution in [3.63, 3.8) is 0 Å². The Bertz CT molecular complexity index is 960. The second kappa shape index (κ2) is 7.57. The maximum Gasteiger partial charge on any atom is 0.259 e. The van der Waals surface area contributed by atoms with Gasteiger partial charge in [-0.1, -0.05) is 30.3 Å². The number of carbonyl (C=O) groups excluding carboxylic acids is 1. The Morgan fingerprint density at radius 3 is 2.62 bits per heavy atom. The molecule has 0 saturated carbocycles. The van der Waals surface area contributed by atoms with Gasteiger partial charge in [0.15, 0.2) is 0 Å². The van der Waals surface area contributed by atoms with Gasteiger partial charge in [0.2, 0.25) is 0 Å². The van der Waals surface area contributed by atoms with Gasteiger partial charge < -0.3 is 15.5 Å². The average Bonchev–Trinajstić information content (AvgIpc) is 2.62. The Morgan fingerprint density at radius 2 is 1.85 bits per heavy atom. The first-order valence-electron chi connectivity index (χ1n) is 8.10. The largest absolute Gasteiger partial charge is 0.508 e. The fourth-order valence-electron chi connectivity index (χ4n) is 2.62. The molecule has 132 valence electrons. The highest BCUT2D eigenvalue weighted by molar-refractivity contribution is 5.89. The van der Waals surface area contributed by atoms with Crippen LogP contribution in [0, 0.1) is 6.92 Å². The van der Waals surface area contributed by atoms with Crippen LogP contribution in [0.3, 0.4) is 0 Å². The second-order valence-electron chi connectivity index (χ2n) is 5.90. The number of amides is 1. The third-order valence-electron chi connectivity index (χ3n) is 3.94. The average molecular weight is 349 g/mol. The molecule has 26 heavy (non-hydrogen) atoms. The molecular formula is C20H19N3O3. The van der Waals surface area contributed by atoms with E-state index in [4.69, 9.17) is 0 Å². The van der Waals surface area contributed by atoms with E-state index in [1.807, 2.05) is 42.5 Å². The van der Waals surface area contributed by atoms with E-state index in [2.05, 4.69) is 15.8 Å². The zero-order chi connectivity index (χ0) is 18.5. The van der Waals surface area contributed by atoms with Crippen molar-refractivity contribution in [3.8, 4) is 11.5 Å². The van der Waals surface area contributed by atoms with Crippen LogP contribution in [0.1, 0.15) is 11.1 Å². The summed E-state index contributed by atoms with van der Waals surface area (Å²) < 4.78 is 0. The summed E-state index contributed by atoms with van der Waals surface area (Å²) in [6, 6.07) is 16.6. The molecule has 3 aromatic rings. The Hall–Kier alpha value is -3.54.